The van der Waals surface area contributed by atoms with Gasteiger partial charge < -0.3 is 5.32 Å². The van der Waals surface area contributed by atoms with Crippen molar-refractivity contribution < 1.29 is 0 Å². The third kappa shape index (κ3) is 3.57. The van der Waals surface area contributed by atoms with E-state index in [0.717, 1.165) is 5.92 Å². The Kier molecular flexibility index (Phi) is 4.22. The van der Waals surface area contributed by atoms with Gasteiger partial charge in [-0.05, 0) is 38.2 Å². The van der Waals surface area contributed by atoms with Gasteiger partial charge in [0.2, 0.25) is 0 Å². The molecule has 1 saturated carbocycles. The number of rotatable bonds is 3. The molecule has 2 rings (SSSR count). The van der Waals surface area contributed by atoms with Gasteiger partial charge in [0.15, 0.2) is 0 Å². The smallest absolute Gasteiger partial charge is 0.0294 e. The lowest BCUT2D eigenvalue weighted by molar-refractivity contribution is 0.285. The highest BCUT2D eigenvalue weighted by Crippen LogP contribution is 2.25. The third-order valence-corrected chi connectivity index (χ3v) is 3.96. The molecule has 1 aliphatic rings. The molecule has 1 nitrogen and oxygen atoms in total. The number of nitrogens with one attached hydrogen (secondary N) is 1. The number of hydrogen-bond acceptors (Lipinski definition) is 1. The standard InChI is InChI=1S/C16H25N/c1-12-6-4-8-15(10-12)14(3)17-16-9-5-7-13(2)11-16/h4,6,8,10,13-14,16-17H,5,7,9,11H2,1-3H3/t13?,14-,16?/m1/s1. The van der Waals surface area contributed by atoms with Crippen LogP contribution in [-0.4, -0.2) is 6.04 Å². The summed E-state index contributed by atoms with van der Waals surface area (Å²) in [7, 11) is 0. The highest BCUT2D eigenvalue weighted by molar-refractivity contribution is 5.24. The Hall–Kier alpha value is -0.820. The second kappa shape index (κ2) is 5.68. The predicted octanol–water partition coefficient (Wildman–Crippen LogP) is 4.22. The second-order valence-electron chi connectivity index (χ2n) is 5.77. The number of benzene rings is 1. The van der Waals surface area contributed by atoms with Crippen LogP contribution in [0.15, 0.2) is 24.3 Å². The summed E-state index contributed by atoms with van der Waals surface area (Å²) in [6.45, 7) is 6.83. The van der Waals surface area contributed by atoms with E-state index in [-0.39, 0.29) is 0 Å². The molecule has 0 aromatic heterocycles. The summed E-state index contributed by atoms with van der Waals surface area (Å²) in [5.74, 6) is 0.894. The maximum Gasteiger partial charge on any atom is 0.0294 e. The van der Waals surface area contributed by atoms with Crippen LogP contribution in [0.1, 0.15) is 56.7 Å². The molecule has 0 heterocycles. The van der Waals surface area contributed by atoms with E-state index < -0.39 is 0 Å². The van der Waals surface area contributed by atoms with Gasteiger partial charge in [-0.25, -0.2) is 0 Å². The van der Waals surface area contributed by atoms with Gasteiger partial charge in [-0.1, -0.05) is 49.6 Å². The predicted molar refractivity (Wildman–Crippen MR) is 74.1 cm³/mol. The fourth-order valence-corrected chi connectivity index (χ4v) is 2.97. The first-order chi connectivity index (χ1) is 8.15. The first-order valence-electron chi connectivity index (χ1n) is 6.98. The van der Waals surface area contributed by atoms with Crippen LogP contribution < -0.4 is 5.32 Å². The largest absolute Gasteiger partial charge is 0.307 e. The summed E-state index contributed by atoms with van der Waals surface area (Å²) in [6.07, 6.45) is 5.49. The zero-order chi connectivity index (χ0) is 12.3. The summed E-state index contributed by atoms with van der Waals surface area (Å²) < 4.78 is 0. The molecule has 1 aliphatic carbocycles. The Balaban J connectivity index is 1.94. The minimum absolute atomic E-state index is 0.477. The van der Waals surface area contributed by atoms with Crippen molar-refractivity contribution in [3.63, 3.8) is 0 Å². The van der Waals surface area contributed by atoms with E-state index in [1.807, 2.05) is 0 Å². The van der Waals surface area contributed by atoms with Crippen molar-refractivity contribution >= 4 is 0 Å². The van der Waals surface area contributed by atoms with Crippen LogP contribution in [0.3, 0.4) is 0 Å². The molecular formula is C16H25N. The first kappa shape index (κ1) is 12.6. The molecular weight excluding hydrogens is 206 g/mol. The van der Waals surface area contributed by atoms with E-state index in [9.17, 15) is 0 Å². The zero-order valence-corrected chi connectivity index (χ0v) is 11.4. The summed E-state index contributed by atoms with van der Waals surface area (Å²) in [4.78, 5) is 0. The van der Waals surface area contributed by atoms with E-state index in [4.69, 9.17) is 0 Å². The fourth-order valence-electron chi connectivity index (χ4n) is 2.97. The Labute approximate surface area is 106 Å². The molecule has 1 N–H and O–H groups in total. The first-order valence-corrected chi connectivity index (χ1v) is 6.98. The molecule has 1 aromatic rings. The lowest BCUT2D eigenvalue weighted by Crippen LogP contribution is -2.35. The van der Waals surface area contributed by atoms with Crippen LogP contribution in [-0.2, 0) is 0 Å². The molecule has 0 spiro atoms. The Morgan fingerprint density at radius 1 is 1.29 bits per heavy atom. The molecule has 1 fully saturated rings. The second-order valence-corrected chi connectivity index (χ2v) is 5.77. The van der Waals surface area contributed by atoms with Crippen LogP contribution in [0.25, 0.3) is 0 Å². The SMILES string of the molecule is Cc1cccc([C@@H](C)NC2CCCC(C)C2)c1. The van der Waals surface area contributed by atoms with E-state index in [1.165, 1.54) is 36.8 Å². The van der Waals surface area contributed by atoms with Gasteiger partial charge in [0.1, 0.15) is 0 Å². The van der Waals surface area contributed by atoms with Crippen LogP contribution in [0.2, 0.25) is 0 Å². The highest BCUT2D eigenvalue weighted by atomic mass is 14.9. The summed E-state index contributed by atoms with van der Waals surface area (Å²) in [6, 6.07) is 10.0. The Bertz CT molecular complexity index is 358. The van der Waals surface area contributed by atoms with E-state index in [2.05, 4.69) is 50.4 Å². The van der Waals surface area contributed by atoms with Gasteiger partial charge in [-0.15, -0.1) is 0 Å². The lowest BCUT2D eigenvalue weighted by atomic mass is 9.86. The van der Waals surface area contributed by atoms with E-state index in [0.29, 0.717) is 12.1 Å². The minimum Gasteiger partial charge on any atom is -0.307 e. The average Bonchev–Trinajstić information content (AvgIpc) is 2.29. The summed E-state index contributed by atoms with van der Waals surface area (Å²) in [5, 5.41) is 3.79. The normalized spacial score (nSPS) is 26.8. The van der Waals surface area contributed by atoms with Crippen molar-refractivity contribution in [2.75, 3.05) is 0 Å². The Morgan fingerprint density at radius 3 is 2.82 bits per heavy atom. The molecule has 1 aromatic carbocycles. The van der Waals surface area contributed by atoms with Crippen LogP contribution in [0.5, 0.6) is 0 Å². The van der Waals surface area contributed by atoms with Crippen molar-refractivity contribution in [3.8, 4) is 0 Å². The van der Waals surface area contributed by atoms with Crippen molar-refractivity contribution in [2.24, 2.45) is 5.92 Å². The van der Waals surface area contributed by atoms with Crippen molar-refractivity contribution in [3.05, 3.63) is 35.4 Å². The maximum absolute atomic E-state index is 3.79. The lowest BCUT2D eigenvalue weighted by Gasteiger charge is -2.30. The molecule has 17 heavy (non-hydrogen) atoms. The van der Waals surface area contributed by atoms with Crippen molar-refractivity contribution in [2.45, 2.75) is 58.5 Å². The molecule has 0 amide bonds. The zero-order valence-electron chi connectivity index (χ0n) is 11.4. The van der Waals surface area contributed by atoms with Crippen molar-refractivity contribution in [1.29, 1.82) is 0 Å². The fraction of sp³-hybridized carbons (Fsp3) is 0.625. The minimum atomic E-state index is 0.477. The third-order valence-electron chi connectivity index (χ3n) is 3.96. The summed E-state index contributed by atoms with van der Waals surface area (Å²) >= 11 is 0. The molecule has 3 atom stereocenters. The van der Waals surface area contributed by atoms with Gasteiger partial charge >= 0.3 is 0 Å². The monoisotopic (exact) mass is 231 g/mol. The molecule has 0 radical (unpaired) electrons. The molecule has 0 saturated heterocycles. The topological polar surface area (TPSA) is 12.0 Å². The highest BCUT2D eigenvalue weighted by Gasteiger charge is 2.20. The summed E-state index contributed by atoms with van der Waals surface area (Å²) in [5.41, 5.74) is 2.77. The maximum atomic E-state index is 3.79. The molecule has 0 bridgehead atoms. The van der Waals surface area contributed by atoms with Crippen LogP contribution in [0, 0.1) is 12.8 Å². The number of hydrogen-bond donors (Lipinski definition) is 1. The molecule has 1 heteroatoms. The molecule has 2 unspecified atom stereocenters. The van der Waals surface area contributed by atoms with Gasteiger partial charge in [-0.3, -0.25) is 0 Å². The van der Waals surface area contributed by atoms with Crippen LogP contribution >= 0.6 is 0 Å². The average molecular weight is 231 g/mol. The van der Waals surface area contributed by atoms with Crippen LogP contribution in [0.4, 0.5) is 0 Å². The van der Waals surface area contributed by atoms with Gasteiger partial charge in [0.05, 0.1) is 0 Å². The molecule has 0 aliphatic heterocycles. The van der Waals surface area contributed by atoms with E-state index in [1.54, 1.807) is 0 Å². The van der Waals surface area contributed by atoms with Gasteiger partial charge in [-0.2, -0.15) is 0 Å². The Morgan fingerprint density at radius 2 is 2.12 bits per heavy atom. The van der Waals surface area contributed by atoms with Gasteiger partial charge in [0.25, 0.3) is 0 Å². The molecule has 94 valence electrons. The van der Waals surface area contributed by atoms with E-state index >= 15 is 0 Å². The van der Waals surface area contributed by atoms with Crippen molar-refractivity contribution in [1.82, 2.24) is 5.32 Å². The number of aryl methyl sites for hydroxylation is 1. The van der Waals surface area contributed by atoms with Gasteiger partial charge in [0, 0.05) is 12.1 Å². The quantitative estimate of drug-likeness (QED) is 0.821.